The molecule has 2 atom stereocenters. The lowest BCUT2D eigenvalue weighted by molar-refractivity contribution is 0.684. The van der Waals surface area contributed by atoms with Gasteiger partial charge in [0.05, 0.1) is 0 Å². The molecule has 0 saturated carbocycles. The second kappa shape index (κ2) is 6.62. The molecule has 0 radical (unpaired) electrons. The van der Waals surface area contributed by atoms with E-state index in [1.54, 1.807) is 0 Å². The fourth-order valence-corrected chi connectivity index (χ4v) is 1.80. The van der Waals surface area contributed by atoms with Gasteiger partial charge in [-0.25, -0.2) is 0 Å². The molecule has 15 heavy (non-hydrogen) atoms. The zero-order chi connectivity index (χ0) is 11.1. The van der Waals surface area contributed by atoms with Crippen LogP contribution in [0.25, 0.3) is 0 Å². The van der Waals surface area contributed by atoms with Gasteiger partial charge >= 0.3 is 0 Å². The summed E-state index contributed by atoms with van der Waals surface area (Å²) in [5, 5.41) is 3.52. The highest BCUT2D eigenvalue weighted by Gasteiger charge is 2.16. The molecule has 0 amide bonds. The van der Waals surface area contributed by atoms with Crippen molar-refractivity contribution in [1.29, 1.82) is 0 Å². The standard InChI is InChI=1S/C14H23N/c1-4-7-13(10-9-12(3)5-2)14-8-6-11-15-14/h4,7,9-10,12,14-15H,1,5-6,8,11H2,2-3H3/b10-9-,13-7+. The third-order valence-corrected chi connectivity index (χ3v) is 3.03. The molecule has 0 aromatic heterocycles. The fraction of sp³-hybridized carbons (Fsp3) is 0.571. The average Bonchev–Trinajstić information content (AvgIpc) is 2.76. The number of nitrogens with one attached hydrogen (secondary N) is 1. The molecular weight excluding hydrogens is 182 g/mol. The first-order chi connectivity index (χ1) is 7.27. The molecule has 1 heterocycles. The summed E-state index contributed by atoms with van der Waals surface area (Å²) in [4.78, 5) is 0. The summed E-state index contributed by atoms with van der Waals surface area (Å²) in [6.07, 6.45) is 12.3. The molecule has 1 nitrogen and oxygen atoms in total. The summed E-state index contributed by atoms with van der Waals surface area (Å²) in [5.41, 5.74) is 1.38. The first kappa shape index (κ1) is 12.3. The van der Waals surface area contributed by atoms with E-state index in [0.29, 0.717) is 12.0 Å². The summed E-state index contributed by atoms with van der Waals surface area (Å²) < 4.78 is 0. The van der Waals surface area contributed by atoms with Gasteiger partial charge in [-0.3, -0.25) is 0 Å². The molecule has 2 unspecified atom stereocenters. The predicted octanol–water partition coefficient (Wildman–Crippen LogP) is 3.45. The van der Waals surface area contributed by atoms with Crippen LogP contribution in [-0.2, 0) is 0 Å². The van der Waals surface area contributed by atoms with Gasteiger partial charge < -0.3 is 5.32 Å². The van der Waals surface area contributed by atoms with Gasteiger partial charge in [0.25, 0.3) is 0 Å². The van der Waals surface area contributed by atoms with Crippen molar-refractivity contribution in [2.24, 2.45) is 5.92 Å². The number of allylic oxidation sites excluding steroid dienone is 3. The summed E-state index contributed by atoms with van der Waals surface area (Å²) in [7, 11) is 0. The summed E-state index contributed by atoms with van der Waals surface area (Å²) in [6, 6.07) is 0.545. The molecule has 0 aliphatic carbocycles. The molecule has 1 aliphatic rings. The minimum atomic E-state index is 0.545. The first-order valence-corrected chi connectivity index (χ1v) is 6.02. The van der Waals surface area contributed by atoms with Crippen LogP contribution in [0.4, 0.5) is 0 Å². The number of rotatable bonds is 5. The molecular formula is C14H23N. The van der Waals surface area contributed by atoms with Gasteiger partial charge in [-0.2, -0.15) is 0 Å². The second-order valence-corrected chi connectivity index (χ2v) is 4.30. The Balaban J connectivity index is 2.61. The molecule has 0 aromatic rings. The third kappa shape index (κ3) is 4.05. The Morgan fingerprint density at radius 1 is 1.60 bits per heavy atom. The van der Waals surface area contributed by atoms with Gasteiger partial charge in [-0.05, 0) is 30.9 Å². The molecule has 1 saturated heterocycles. The van der Waals surface area contributed by atoms with Crippen molar-refractivity contribution in [1.82, 2.24) is 5.32 Å². The van der Waals surface area contributed by atoms with E-state index in [4.69, 9.17) is 0 Å². The normalized spacial score (nSPS) is 24.7. The van der Waals surface area contributed by atoms with E-state index in [-0.39, 0.29) is 0 Å². The molecule has 0 spiro atoms. The summed E-state index contributed by atoms with van der Waals surface area (Å²) >= 11 is 0. The van der Waals surface area contributed by atoms with Crippen LogP contribution in [-0.4, -0.2) is 12.6 Å². The van der Waals surface area contributed by atoms with Gasteiger partial charge in [-0.1, -0.05) is 51.2 Å². The highest BCUT2D eigenvalue weighted by Crippen LogP contribution is 2.17. The van der Waals surface area contributed by atoms with Crippen LogP contribution in [0.15, 0.2) is 36.5 Å². The van der Waals surface area contributed by atoms with Crippen molar-refractivity contribution in [3.05, 3.63) is 36.5 Å². The van der Waals surface area contributed by atoms with E-state index in [1.807, 2.05) is 6.08 Å². The van der Waals surface area contributed by atoms with Gasteiger partial charge in [0, 0.05) is 6.04 Å². The zero-order valence-corrected chi connectivity index (χ0v) is 10.00. The average molecular weight is 205 g/mol. The Morgan fingerprint density at radius 3 is 2.93 bits per heavy atom. The van der Waals surface area contributed by atoms with Gasteiger partial charge in [0.15, 0.2) is 0 Å². The summed E-state index contributed by atoms with van der Waals surface area (Å²) in [6.45, 7) is 9.41. The van der Waals surface area contributed by atoms with E-state index in [1.165, 1.54) is 24.8 Å². The molecule has 84 valence electrons. The van der Waals surface area contributed by atoms with E-state index in [2.05, 4.69) is 44.0 Å². The van der Waals surface area contributed by atoms with Crippen LogP contribution in [0.5, 0.6) is 0 Å². The number of hydrogen-bond acceptors (Lipinski definition) is 1. The zero-order valence-electron chi connectivity index (χ0n) is 10.00. The Hall–Kier alpha value is -0.820. The van der Waals surface area contributed by atoms with Gasteiger partial charge in [-0.15, -0.1) is 0 Å². The monoisotopic (exact) mass is 205 g/mol. The lowest BCUT2D eigenvalue weighted by atomic mass is 10.0. The highest BCUT2D eigenvalue weighted by molar-refractivity contribution is 5.29. The number of hydrogen-bond donors (Lipinski definition) is 1. The molecule has 1 N–H and O–H groups in total. The minimum absolute atomic E-state index is 0.545. The molecule has 1 fully saturated rings. The van der Waals surface area contributed by atoms with Crippen molar-refractivity contribution in [2.45, 2.75) is 39.2 Å². The molecule has 0 aromatic carbocycles. The van der Waals surface area contributed by atoms with Crippen molar-refractivity contribution in [2.75, 3.05) is 6.54 Å². The van der Waals surface area contributed by atoms with Crippen LogP contribution in [0.3, 0.4) is 0 Å². The third-order valence-electron chi connectivity index (χ3n) is 3.03. The summed E-state index contributed by atoms with van der Waals surface area (Å²) in [5.74, 6) is 0.666. The maximum atomic E-state index is 3.78. The molecule has 1 heteroatoms. The van der Waals surface area contributed by atoms with Crippen LogP contribution in [0, 0.1) is 5.92 Å². The van der Waals surface area contributed by atoms with Crippen molar-refractivity contribution >= 4 is 0 Å². The van der Waals surface area contributed by atoms with E-state index < -0.39 is 0 Å². The first-order valence-electron chi connectivity index (χ1n) is 6.02. The SMILES string of the molecule is C=C/C=C(\C=C/C(C)CC)C1CCCN1. The van der Waals surface area contributed by atoms with Crippen LogP contribution < -0.4 is 5.32 Å². The topological polar surface area (TPSA) is 12.0 Å². The van der Waals surface area contributed by atoms with Crippen LogP contribution >= 0.6 is 0 Å². The predicted molar refractivity (Wildman–Crippen MR) is 67.9 cm³/mol. The lowest BCUT2D eigenvalue weighted by Gasteiger charge is -2.11. The Morgan fingerprint density at radius 2 is 2.40 bits per heavy atom. The quantitative estimate of drug-likeness (QED) is 0.678. The lowest BCUT2D eigenvalue weighted by Crippen LogP contribution is -2.22. The van der Waals surface area contributed by atoms with E-state index >= 15 is 0 Å². The van der Waals surface area contributed by atoms with Crippen LogP contribution in [0.1, 0.15) is 33.1 Å². The Bertz CT molecular complexity index is 244. The molecule has 1 rings (SSSR count). The largest absolute Gasteiger partial charge is 0.310 e. The highest BCUT2D eigenvalue weighted by atomic mass is 14.9. The van der Waals surface area contributed by atoms with Gasteiger partial charge in [0.2, 0.25) is 0 Å². The van der Waals surface area contributed by atoms with Crippen molar-refractivity contribution < 1.29 is 0 Å². The minimum Gasteiger partial charge on any atom is -0.310 e. The smallest absolute Gasteiger partial charge is 0.0320 e. The van der Waals surface area contributed by atoms with E-state index in [0.717, 1.165) is 6.54 Å². The van der Waals surface area contributed by atoms with Crippen molar-refractivity contribution in [3.63, 3.8) is 0 Å². The van der Waals surface area contributed by atoms with Gasteiger partial charge in [0.1, 0.15) is 0 Å². The Labute approximate surface area is 94.0 Å². The maximum absolute atomic E-state index is 3.78. The van der Waals surface area contributed by atoms with Crippen LogP contribution in [0.2, 0.25) is 0 Å². The molecule has 1 aliphatic heterocycles. The fourth-order valence-electron chi connectivity index (χ4n) is 1.80. The Kier molecular flexibility index (Phi) is 5.41. The second-order valence-electron chi connectivity index (χ2n) is 4.30. The van der Waals surface area contributed by atoms with E-state index in [9.17, 15) is 0 Å². The van der Waals surface area contributed by atoms with Crippen molar-refractivity contribution in [3.8, 4) is 0 Å². The maximum Gasteiger partial charge on any atom is 0.0320 e. The molecule has 0 bridgehead atoms.